The highest BCUT2D eigenvalue weighted by Crippen LogP contribution is 2.47. The summed E-state index contributed by atoms with van der Waals surface area (Å²) in [5.41, 5.74) is 4.44. The van der Waals surface area contributed by atoms with Crippen molar-refractivity contribution in [2.24, 2.45) is 0 Å². The van der Waals surface area contributed by atoms with Gasteiger partial charge in [0.15, 0.2) is 5.65 Å². The first kappa shape index (κ1) is 47.0. The van der Waals surface area contributed by atoms with Gasteiger partial charge in [-0.25, -0.2) is 15.0 Å². The van der Waals surface area contributed by atoms with Gasteiger partial charge in [0.1, 0.15) is 17.8 Å². The van der Waals surface area contributed by atoms with Gasteiger partial charge in [0.2, 0.25) is 5.88 Å². The summed E-state index contributed by atoms with van der Waals surface area (Å²) in [7, 11) is 0. The second kappa shape index (κ2) is 22.3. The molecule has 0 saturated carbocycles. The van der Waals surface area contributed by atoms with Gasteiger partial charge in [-0.1, -0.05) is 89.0 Å². The van der Waals surface area contributed by atoms with Gasteiger partial charge in [0.05, 0.1) is 37.8 Å². The number of hydrogen-bond acceptors (Lipinski definition) is 10. The van der Waals surface area contributed by atoms with E-state index in [-0.39, 0.29) is 18.6 Å². The number of H-pyrrole nitrogens is 1. The lowest BCUT2D eigenvalue weighted by molar-refractivity contribution is -0.137. The van der Waals surface area contributed by atoms with Crippen LogP contribution in [0.15, 0.2) is 132 Å². The molecule has 1 atom stereocenters. The van der Waals surface area contributed by atoms with Gasteiger partial charge < -0.3 is 24.4 Å². The highest BCUT2D eigenvalue weighted by Gasteiger charge is 2.32. The number of ether oxygens (including phenoxy) is 1. The summed E-state index contributed by atoms with van der Waals surface area (Å²) in [6.07, 6.45) is 6.43. The standard InChI is InChI=1S/C23H25F3N2OS.C18H15Cl3N2O.C5H4N4O/c24-23(25,26)17-7-8-22-20(16-17)18(19-4-1-2-6-21(19)30-22)5-3-9-27-10-12-28(13-11-27)14-15-29;19-14-3-1-13(2-4-14)11-24-18(10-23-8-7-22-12-23)16-6-5-15(20)9-17(16)21;10-5-3-1-8-9-4(3)6-2-7-5/h1-2,4-8,16,29H,3,9-15H2;1-9,12,18H,10-11H2;1-2H,(H2,6,7,8,9,10)/b18-5-;;. The lowest BCUT2D eigenvalue weighted by Crippen LogP contribution is -2.47. The number of hydrogen-bond donors (Lipinski definition) is 3. The number of aromatic nitrogens is 6. The van der Waals surface area contributed by atoms with Crippen molar-refractivity contribution < 1.29 is 28.1 Å². The number of aliphatic hydroxyl groups is 1. The number of rotatable bonds is 11. The maximum atomic E-state index is 13.3. The molecule has 18 heteroatoms. The van der Waals surface area contributed by atoms with Crippen molar-refractivity contribution in [3.8, 4) is 5.88 Å². The minimum atomic E-state index is -4.35. The molecule has 2 aliphatic rings. The van der Waals surface area contributed by atoms with E-state index in [2.05, 4.69) is 41.0 Å². The van der Waals surface area contributed by atoms with Gasteiger partial charge in [0.25, 0.3) is 0 Å². The zero-order valence-electron chi connectivity index (χ0n) is 34.3. The Morgan fingerprint density at radius 2 is 1.59 bits per heavy atom. The van der Waals surface area contributed by atoms with Crippen LogP contribution in [0.3, 0.4) is 0 Å². The predicted octanol–water partition coefficient (Wildman–Crippen LogP) is 10.5. The molecular weight excluding hydrogens is 908 g/mol. The van der Waals surface area contributed by atoms with Crippen LogP contribution in [-0.4, -0.2) is 95.6 Å². The molecule has 2 aliphatic heterocycles. The van der Waals surface area contributed by atoms with Gasteiger partial charge in [-0.2, -0.15) is 18.3 Å². The largest absolute Gasteiger partial charge is 0.493 e. The molecule has 64 heavy (non-hydrogen) atoms. The zero-order chi connectivity index (χ0) is 45.1. The van der Waals surface area contributed by atoms with Crippen LogP contribution in [0.2, 0.25) is 15.1 Å². The van der Waals surface area contributed by atoms with Crippen molar-refractivity contribution in [1.29, 1.82) is 0 Å². The van der Waals surface area contributed by atoms with E-state index < -0.39 is 11.7 Å². The van der Waals surface area contributed by atoms with Crippen LogP contribution >= 0.6 is 46.6 Å². The van der Waals surface area contributed by atoms with Crippen molar-refractivity contribution in [1.82, 2.24) is 39.5 Å². The Balaban J connectivity index is 0.000000160. The first-order chi connectivity index (χ1) is 30.9. The quantitative estimate of drug-likeness (QED) is 0.115. The van der Waals surface area contributed by atoms with Gasteiger partial charge in [0, 0.05) is 82.1 Å². The Hall–Kier alpha value is -4.97. The van der Waals surface area contributed by atoms with Crippen LogP contribution in [0.5, 0.6) is 5.88 Å². The maximum absolute atomic E-state index is 13.3. The van der Waals surface area contributed by atoms with E-state index >= 15 is 0 Å². The monoisotopic (exact) mass is 950 g/mol. The smallest absolute Gasteiger partial charge is 0.416 e. The molecule has 0 spiro atoms. The summed E-state index contributed by atoms with van der Waals surface area (Å²) in [6.45, 7) is 6.61. The number of aliphatic hydroxyl groups excluding tert-OH is 1. The van der Waals surface area contributed by atoms with E-state index in [1.807, 2.05) is 71.4 Å². The molecular formula is C46H44Cl3F3N8O3S. The molecule has 3 N–H and O–H groups in total. The first-order valence-electron chi connectivity index (χ1n) is 20.3. The van der Waals surface area contributed by atoms with Crippen molar-refractivity contribution in [3.63, 3.8) is 0 Å². The van der Waals surface area contributed by atoms with Gasteiger partial charge in [-0.05, 0) is 77.2 Å². The number of nitrogens with zero attached hydrogens (tertiary/aromatic N) is 7. The van der Waals surface area contributed by atoms with Gasteiger partial charge in [-0.3, -0.25) is 10.00 Å². The van der Waals surface area contributed by atoms with Gasteiger partial charge >= 0.3 is 6.18 Å². The lowest BCUT2D eigenvalue weighted by Gasteiger charge is -2.34. The number of β-amino-alcohol motifs (C(OH)–C–C–N with tert-alkyl or cyclic N) is 1. The molecule has 1 unspecified atom stereocenters. The fraction of sp³-hybridized carbons (Fsp3) is 0.261. The molecule has 334 valence electrons. The highest BCUT2D eigenvalue weighted by molar-refractivity contribution is 7.99. The molecule has 4 aromatic carbocycles. The Bertz CT molecular complexity index is 2630. The summed E-state index contributed by atoms with van der Waals surface area (Å²) in [5.74, 6) is -0.0428. The van der Waals surface area contributed by atoms with E-state index in [0.29, 0.717) is 51.4 Å². The number of imidazole rings is 1. The molecule has 1 saturated heterocycles. The average Bonchev–Trinajstić information content (AvgIpc) is 4.00. The van der Waals surface area contributed by atoms with Crippen LogP contribution in [0.4, 0.5) is 13.2 Å². The van der Waals surface area contributed by atoms with Crippen molar-refractivity contribution in [2.75, 3.05) is 45.9 Å². The SMILES string of the molecule is Clc1ccc(COC(Cn2ccnc2)c2ccc(Cl)cc2Cl)cc1.OCCN1CCN(CC/C=C2/c3ccccc3Sc3ccc(C(F)(F)F)cc32)CC1.Oc1ncnc2[nH]ncc12. The van der Waals surface area contributed by atoms with Crippen molar-refractivity contribution in [2.45, 2.75) is 41.6 Å². The van der Waals surface area contributed by atoms with E-state index in [9.17, 15) is 13.2 Å². The maximum Gasteiger partial charge on any atom is 0.416 e. The van der Waals surface area contributed by atoms with Crippen molar-refractivity contribution >= 4 is 63.2 Å². The summed E-state index contributed by atoms with van der Waals surface area (Å²) in [4.78, 5) is 18.0. The molecule has 5 heterocycles. The molecule has 3 aromatic heterocycles. The zero-order valence-corrected chi connectivity index (χ0v) is 37.4. The summed E-state index contributed by atoms with van der Waals surface area (Å²) >= 11 is 19.8. The van der Waals surface area contributed by atoms with E-state index in [1.165, 1.54) is 36.4 Å². The molecule has 9 rings (SSSR count). The third-order valence-electron chi connectivity index (χ3n) is 10.5. The molecule has 0 radical (unpaired) electrons. The Labute approximate surface area is 387 Å². The van der Waals surface area contributed by atoms with Crippen LogP contribution < -0.4 is 0 Å². The summed E-state index contributed by atoms with van der Waals surface area (Å²) in [6, 6.07) is 25.0. The number of aromatic amines is 1. The van der Waals surface area contributed by atoms with Crippen LogP contribution in [0.25, 0.3) is 16.6 Å². The molecule has 0 amide bonds. The number of alkyl halides is 3. The number of piperazine rings is 1. The second-order valence-corrected chi connectivity index (χ2v) is 17.2. The van der Waals surface area contributed by atoms with Crippen LogP contribution in [-0.2, 0) is 24.1 Å². The highest BCUT2D eigenvalue weighted by atomic mass is 35.5. The lowest BCUT2D eigenvalue weighted by atomic mass is 9.94. The fourth-order valence-electron chi connectivity index (χ4n) is 7.16. The molecule has 11 nitrogen and oxygen atoms in total. The number of benzene rings is 4. The summed E-state index contributed by atoms with van der Waals surface area (Å²) < 4.78 is 48.0. The Kier molecular flexibility index (Phi) is 16.4. The molecule has 1 fully saturated rings. The van der Waals surface area contributed by atoms with E-state index in [0.717, 1.165) is 71.2 Å². The third-order valence-corrected chi connectivity index (χ3v) is 12.5. The van der Waals surface area contributed by atoms with E-state index in [4.69, 9.17) is 49.8 Å². The normalized spacial score (nSPS) is 15.1. The molecule has 7 aromatic rings. The number of fused-ring (bicyclic) bond motifs is 3. The fourth-order valence-corrected chi connectivity index (χ4v) is 8.90. The third kappa shape index (κ3) is 12.6. The minimum Gasteiger partial charge on any atom is -0.493 e. The first-order valence-corrected chi connectivity index (χ1v) is 22.2. The summed E-state index contributed by atoms with van der Waals surface area (Å²) in [5, 5.41) is 26.8. The van der Waals surface area contributed by atoms with E-state index in [1.54, 1.807) is 24.7 Å². The molecule has 0 aliphatic carbocycles. The number of aromatic hydroxyl groups is 1. The Morgan fingerprint density at radius 3 is 2.30 bits per heavy atom. The predicted molar refractivity (Wildman–Crippen MR) is 245 cm³/mol. The number of nitrogens with one attached hydrogen (secondary N) is 1. The molecule has 0 bridgehead atoms. The number of halogens is 6. The van der Waals surface area contributed by atoms with Gasteiger partial charge in [-0.15, -0.1) is 0 Å². The Morgan fingerprint density at radius 1 is 0.859 bits per heavy atom. The van der Waals surface area contributed by atoms with Crippen molar-refractivity contribution in [3.05, 3.63) is 165 Å². The van der Waals surface area contributed by atoms with Crippen LogP contribution in [0.1, 0.15) is 40.3 Å². The second-order valence-electron chi connectivity index (χ2n) is 14.8. The topological polar surface area (TPSA) is 128 Å². The average molecular weight is 952 g/mol. The minimum absolute atomic E-state index is 0.0428. The van der Waals surface area contributed by atoms with Crippen LogP contribution in [0, 0.1) is 0 Å².